The minimum Gasteiger partial charge on any atom is -0.348 e. The van der Waals surface area contributed by atoms with Crippen LogP contribution in [0.25, 0.3) is 0 Å². The highest BCUT2D eigenvalue weighted by molar-refractivity contribution is 5.94. The van der Waals surface area contributed by atoms with Crippen molar-refractivity contribution in [2.24, 2.45) is 0 Å². The molecule has 0 fully saturated rings. The van der Waals surface area contributed by atoms with Crippen LogP contribution in [0.4, 0.5) is 10.1 Å². The van der Waals surface area contributed by atoms with Gasteiger partial charge in [0.2, 0.25) is 0 Å². The Morgan fingerprint density at radius 1 is 1.29 bits per heavy atom. The summed E-state index contributed by atoms with van der Waals surface area (Å²) >= 11 is 0. The molecule has 0 aliphatic carbocycles. The first-order chi connectivity index (χ1) is 9.99. The van der Waals surface area contributed by atoms with Crippen LogP contribution in [0.3, 0.4) is 0 Å². The Kier molecular flexibility index (Phi) is 4.27. The molecule has 0 saturated carbocycles. The number of carbonyl (C=O) groups excluding carboxylic acids is 1. The summed E-state index contributed by atoms with van der Waals surface area (Å²) in [6.45, 7) is 1.71. The van der Waals surface area contributed by atoms with Crippen LogP contribution in [-0.4, -0.2) is 10.8 Å². The van der Waals surface area contributed by atoms with Crippen LogP contribution in [0.2, 0.25) is 0 Å². The van der Waals surface area contributed by atoms with Crippen molar-refractivity contribution in [3.63, 3.8) is 0 Å². The Balaban J connectivity index is 2.15. The highest BCUT2D eigenvalue weighted by atomic mass is 19.1. The van der Waals surface area contributed by atoms with E-state index in [4.69, 9.17) is 0 Å². The Morgan fingerprint density at radius 2 is 2.00 bits per heavy atom. The van der Waals surface area contributed by atoms with Gasteiger partial charge in [0.05, 0.1) is 10.5 Å². The van der Waals surface area contributed by atoms with Gasteiger partial charge < -0.3 is 5.32 Å². The fourth-order valence-corrected chi connectivity index (χ4v) is 1.92. The van der Waals surface area contributed by atoms with Crippen LogP contribution in [0.5, 0.6) is 0 Å². The Labute approximate surface area is 120 Å². The Morgan fingerprint density at radius 3 is 2.71 bits per heavy atom. The van der Waals surface area contributed by atoms with Crippen LogP contribution >= 0.6 is 0 Å². The van der Waals surface area contributed by atoms with Crippen LogP contribution < -0.4 is 5.32 Å². The highest BCUT2D eigenvalue weighted by Crippen LogP contribution is 2.17. The number of nitro benzene ring substituents is 1. The zero-order chi connectivity index (χ0) is 15.4. The smallest absolute Gasteiger partial charge is 0.274 e. The number of hydrogen-bond donors (Lipinski definition) is 1. The summed E-state index contributed by atoms with van der Waals surface area (Å²) in [7, 11) is 0. The van der Waals surface area contributed by atoms with Gasteiger partial charge in [-0.3, -0.25) is 14.9 Å². The predicted octanol–water partition coefficient (Wildman–Crippen LogP) is 2.97. The largest absolute Gasteiger partial charge is 0.348 e. The highest BCUT2D eigenvalue weighted by Gasteiger charge is 2.15. The maximum Gasteiger partial charge on any atom is 0.274 e. The van der Waals surface area contributed by atoms with E-state index in [1.807, 2.05) is 0 Å². The van der Waals surface area contributed by atoms with Gasteiger partial charge in [-0.25, -0.2) is 4.39 Å². The van der Waals surface area contributed by atoms with Gasteiger partial charge in [0, 0.05) is 18.2 Å². The van der Waals surface area contributed by atoms with E-state index in [0.717, 1.165) is 5.56 Å². The lowest BCUT2D eigenvalue weighted by molar-refractivity contribution is -0.385. The molecule has 0 bridgehead atoms. The number of halogens is 1. The molecule has 5 nitrogen and oxygen atoms in total. The van der Waals surface area contributed by atoms with Crippen molar-refractivity contribution in [3.05, 3.63) is 75.1 Å². The second-order valence-electron chi connectivity index (χ2n) is 4.55. The van der Waals surface area contributed by atoms with Crippen molar-refractivity contribution in [3.8, 4) is 0 Å². The molecule has 0 unspecified atom stereocenters. The van der Waals surface area contributed by atoms with Crippen molar-refractivity contribution in [2.45, 2.75) is 13.5 Å². The molecule has 0 saturated heterocycles. The Bertz CT molecular complexity index is 701. The van der Waals surface area contributed by atoms with Gasteiger partial charge in [-0.2, -0.15) is 0 Å². The summed E-state index contributed by atoms with van der Waals surface area (Å²) in [6.07, 6.45) is 0. The zero-order valence-electron chi connectivity index (χ0n) is 11.3. The number of nitro groups is 1. The molecule has 2 aromatic rings. The number of amides is 1. The van der Waals surface area contributed by atoms with Gasteiger partial charge in [0.25, 0.3) is 11.6 Å². The summed E-state index contributed by atoms with van der Waals surface area (Å²) in [5.74, 6) is -1.23. The molecule has 0 spiro atoms. The monoisotopic (exact) mass is 288 g/mol. The summed E-state index contributed by atoms with van der Waals surface area (Å²) in [5, 5.41) is 13.4. The first-order valence-corrected chi connectivity index (χ1v) is 6.25. The second-order valence-corrected chi connectivity index (χ2v) is 4.55. The predicted molar refractivity (Wildman–Crippen MR) is 75.4 cm³/mol. The SMILES string of the molecule is Cc1ccc(F)c(C(=O)NCc2ccccc2[N+](=O)[O-])c1. The van der Waals surface area contributed by atoms with E-state index < -0.39 is 16.6 Å². The average Bonchev–Trinajstić information content (AvgIpc) is 2.47. The van der Waals surface area contributed by atoms with Crippen molar-refractivity contribution >= 4 is 11.6 Å². The van der Waals surface area contributed by atoms with Gasteiger partial charge in [-0.1, -0.05) is 29.8 Å². The first-order valence-electron chi connectivity index (χ1n) is 6.25. The molecule has 21 heavy (non-hydrogen) atoms. The number of aryl methyl sites for hydroxylation is 1. The molecule has 1 amide bonds. The molecule has 0 atom stereocenters. The average molecular weight is 288 g/mol. The van der Waals surface area contributed by atoms with Crippen molar-refractivity contribution in [2.75, 3.05) is 0 Å². The first kappa shape index (κ1) is 14.6. The molecule has 0 aliphatic heterocycles. The maximum atomic E-state index is 13.6. The number of carbonyl (C=O) groups is 1. The molecule has 0 radical (unpaired) electrons. The fourth-order valence-electron chi connectivity index (χ4n) is 1.92. The van der Waals surface area contributed by atoms with E-state index in [1.165, 1.54) is 18.2 Å². The van der Waals surface area contributed by atoms with E-state index in [1.54, 1.807) is 31.2 Å². The Hall–Kier alpha value is -2.76. The van der Waals surface area contributed by atoms with Crippen molar-refractivity contribution < 1.29 is 14.1 Å². The third-order valence-corrected chi connectivity index (χ3v) is 2.99. The topological polar surface area (TPSA) is 72.2 Å². The van der Waals surface area contributed by atoms with Gasteiger partial charge in [-0.15, -0.1) is 0 Å². The number of nitrogens with one attached hydrogen (secondary N) is 1. The van der Waals surface area contributed by atoms with Gasteiger partial charge in [0.15, 0.2) is 0 Å². The van der Waals surface area contributed by atoms with Crippen molar-refractivity contribution in [1.82, 2.24) is 5.32 Å². The summed E-state index contributed by atoms with van der Waals surface area (Å²) < 4.78 is 13.6. The molecule has 2 rings (SSSR count). The molecule has 0 aromatic heterocycles. The van der Waals surface area contributed by atoms with Crippen LogP contribution in [0.15, 0.2) is 42.5 Å². The standard InChI is InChI=1S/C15H13FN2O3/c1-10-6-7-13(16)12(8-10)15(19)17-9-11-4-2-3-5-14(11)18(20)21/h2-8H,9H2,1H3,(H,17,19). The normalized spacial score (nSPS) is 10.2. The summed E-state index contributed by atoms with van der Waals surface area (Å²) in [4.78, 5) is 22.3. The molecular formula is C15H13FN2O3. The number of benzene rings is 2. The van der Waals surface area contributed by atoms with Gasteiger partial charge >= 0.3 is 0 Å². The number of para-hydroxylation sites is 1. The third-order valence-electron chi connectivity index (χ3n) is 2.99. The van der Waals surface area contributed by atoms with Crippen molar-refractivity contribution in [1.29, 1.82) is 0 Å². The van der Waals surface area contributed by atoms with Gasteiger partial charge in [0.1, 0.15) is 5.82 Å². The summed E-state index contributed by atoms with van der Waals surface area (Å²) in [5.41, 5.74) is 0.965. The molecule has 1 N–H and O–H groups in total. The van der Waals surface area contributed by atoms with E-state index in [2.05, 4.69) is 5.32 Å². The van der Waals surface area contributed by atoms with Crippen LogP contribution in [-0.2, 0) is 6.54 Å². The number of nitrogens with zero attached hydrogens (tertiary/aromatic N) is 1. The zero-order valence-corrected chi connectivity index (χ0v) is 11.3. The number of hydrogen-bond acceptors (Lipinski definition) is 3. The lowest BCUT2D eigenvalue weighted by atomic mass is 10.1. The lowest BCUT2D eigenvalue weighted by Gasteiger charge is -2.07. The lowest BCUT2D eigenvalue weighted by Crippen LogP contribution is -2.24. The molecule has 0 heterocycles. The summed E-state index contributed by atoms with van der Waals surface area (Å²) in [6, 6.07) is 10.3. The van der Waals surface area contributed by atoms with E-state index >= 15 is 0 Å². The molecule has 0 aliphatic rings. The van der Waals surface area contributed by atoms with Gasteiger partial charge in [-0.05, 0) is 19.1 Å². The number of rotatable bonds is 4. The van der Waals surface area contributed by atoms with Crippen LogP contribution in [0, 0.1) is 22.9 Å². The van der Waals surface area contributed by atoms with E-state index in [9.17, 15) is 19.3 Å². The van der Waals surface area contributed by atoms with E-state index in [-0.39, 0.29) is 17.8 Å². The van der Waals surface area contributed by atoms with Crippen LogP contribution in [0.1, 0.15) is 21.5 Å². The molecule has 108 valence electrons. The maximum absolute atomic E-state index is 13.6. The second kappa shape index (κ2) is 6.13. The third kappa shape index (κ3) is 3.42. The molecular weight excluding hydrogens is 275 g/mol. The quantitative estimate of drug-likeness (QED) is 0.694. The molecule has 6 heteroatoms. The van der Waals surface area contributed by atoms with E-state index in [0.29, 0.717) is 5.56 Å². The minimum atomic E-state index is -0.624. The molecule has 2 aromatic carbocycles. The minimum absolute atomic E-state index is 0.0383. The fraction of sp³-hybridized carbons (Fsp3) is 0.133.